The number of phenols is 2. The van der Waals surface area contributed by atoms with E-state index in [2.05, 4.69) is 13.5 Å². The molecule has 3 N–H and O–H groups in total. The smallest absolute Gasteiger partial charge is 0.331 e. The SMILES string of the molecule is C=C(C)[C@@H]1CCC(C(=O)O)=CC1c1c(O)cc(CCCCC)cc1O. The first kappa shape index (κ1) is 19.1. The molecular weight excluding hydrogens is 316 g/mol. The van der Waals surface area contributed by atoms with E-state index in [0.29, 0.717) is 24.0 Å². The van der Waals surface area contributed by atoms with Crippen molar-refractivity contribution in [1.29, 1.82) is 0 Å². The Kier molecular flexibility index (Phi) is 6.29. The minimum absolute atomic E-state index is 0.00541. The van der Waals surface area contributed by atoms with Crippen molar-refractivity contribution in [2.75, 3.05) is 0 Å². The average molecular weight is 344 g/mol. The Hall–Kier alpha value is -2.23. The highest BCUT2D eigenvalue weighted by Gasteiger charge is 2.32. The van der Waals surface area contributed by atoms with E-state index in [4.69, 9.17) is 0 Å². The number of unbranched alkanes of at least 4 members (excludes halogenated alkanes) is 2. The number of carboxylic acids is 1. The van der Waals surface area contributed by atoms with E-state index < -0.39 is 5.97 Å². The van der Waals surface area contributed by atoms with Crippen molar-refractivity contribution in [1.82, 2.24) is 0 Å². The summed E-state index contributed by atoms with van der Waals surface area (Å²) in [4.78, 5) is 11.4. The molecule has 1 aromatic carbocycles. The number of rotatable bonds is 7. The molecule has 4 heteroatoms. The van der Waals surface area contributed by atoms with Crippen LogP contribution in [-0.4, -0.2) is 21.3 Å². The van der Waals surface area contributed by atoms with Crippen molar-refractivity contribution >= 4 is 5.97 Å². The average Bonchev–Trinajstić information content (AvgIpc) is 2.54. The van der Waals surface area contributed by atoms with Gasteiger partial charge in [-0.05, 0) is 56.2 Å². The lowest BCUT2D eigenvalue weighted by Crippen LogP contribution is -2.20. The van der Waals surface area contributed by atoms with E-state index in [9.17, 15) is 20.1 Å². The van der Waals surface area contributed by atoms with Crippen molar-refractivity contribution < 1.29 is 20.1 Å². The highest BCUT2D eigenvalue weighted by molar-refractivity contribution is 5.87. The zero-order valence-electron chi connectivity index (χ0n) is 15.1. The molecule has 2 atom stereocenters. The van der Waals surface area contributed by atoms with Crippen LogP contribution in [0.4, 0.5) is 0 Å². The van der Waals surface area contributed by atoms with Gasteiger partial charge in [-0.2, -0.15) is 0 Å². The number of benzene rings is 1. The summed E-state index contributed by atoms with van der Waals surface area (Å²) >= 11 is 0. The van der Waals surface area contributed by atoms with Gasteiger partial charge in [-0.3, -0.25) is 0 Å². The zero-order valence-corrected chi connectivity index (χ0v) is 15.1. The predicted octanol–water partition coefficient (Wildman–Crippen LogP) is 4.91. The van der Waals surface area contributed by atoms with Crippen molar-refractivity contribution in [2.24, 2.45) is 5.92 Å². The van der Waals surface area contributed by atoms with Gasteiger partial charge in [0.05, 0.1) is 0 Å². The zero-order chi connectivity index (χ0) is 18.6. The fraction of sp³-hybridized carbons (Fsp3) is 0.476. The van der Waals surface area contributed by atoms with E-state index >= 15 is 0 Å². The quantitative estimate of drug-likeness (QED) is 0.485. The summed E-state index contributed by atoms with van der Waals surface area (Å²) in [5.74, 6) is -1.25. The van der Waals surface area contributed by atoms with Crippen LogP contribution >= 0.6 is 0 Å². The molecule has 0 heterocycles. The third-order valence-electron chi connectivity index (χ3n) is 5.05. The number of aliphatic carboxylic acids is 1. The molecular formula is C21H28O4. The van der Waals surface area contributed by atoms with Crippen LogP contribution < -0.4 is 0 Å². The van der Waals surface area contributed by atoms with Crippen LogP contribution in [0.25, 0.3) is 0 Å². The highest BCUT2D eigenvalue weighted by Crippen LogP contribution is 2.46. The summed E-state index contributed by atoms with van der Waals surface area (Å²) in [5, 5.41) is 30.4. The molecule has 0 spiro atoms. The molecule has 1 aromatic rings. The summed E-state index contributed by atoms with van der Waals surface area (Å²) in [7, 11) is 0. The van der Waals surface area contributed by atoms with Gasteiger partial charge in [-0.1, -0.05) is 38.0 Å². The van der Waals surface area contributed by atoms with Crippen LogP contribution in [0.2, 0.25) is 0 Å². The number of allylic oxidation sites excluding steroid dienone is 2. The van der Waals surface area contributed by atoms with Crippen molar-refractivity contribution in [3.05, 3.63) is 47.1 Å². The highest BCUT2D eigenvalue weighted by atomic mass is 16.4. The Balaban J connectivity index is 2.40. The topological polar surface area (TPSA) is 77.8 Å². The molecule has 0 saturated heterocycles. The molecule has 0 fully saturated rings. The standard InChI is InChI=1S/C21H28O4/c1-4-5-6-7-14-10-18(22)20(19(23)11-14)17-12-15(21(24)25)8-9-16(17)13(2)3/h10-12,16-17,22-23H,2,4-9H2,1,3H3,(H,24,25)/t16-,17?/m0/s1. The Bertz CT molecular complexity index is 664. The number of phenolic OH excluding ortho intramolecular Hbond substituents is 2. The molecule has 4 nitrogen and oxygen atoms in total. The summed E-state index contributed by atoms with van der Waals surface area (Å²) in [6.07, 6.45) is 6.82. The Morgan fingerprint density at radius 3 is 2.40 bits per heavy atom. The fourth-order valence-corrected chi connectivity index (χ4v) is 3.67. The molecule has 1 aliphatic rings. The minimum atomic E-state index is -0.944. The molecule has 0 saturated carbocycles. The van der Waals surface area contributed by atoms with Crippen LogP contribution in [-0.2, 0) is 11.2 Å². The first-order valence-corrected chi connectivity index (χ1v) is 8.99. The first-order valence-electron chi connectivity index (χ1n) is 8.99. The van der Waals surface area contributed by atoms with Gasteiger partial charge < -0.3 is 15.3 Å². The minimum Gasteiger partial charge on any atom is -0.507 e. The Morgan fingerprint density at radius 1 is 1.24 bits per heavy atom. The number of aromatic hydroxyl groups is 2. The molecule has 25 heavy (non-hydrogen) atoms. The van der Waals surface area contributed by atoms with Gasteiger partial charge in [0.15, 0.2) is 0 Å². The van der Waals surface area contributed by atoms with E-state index in [1.807, 2.05) is 6.92 Å². The van der Waals surface area contributed by atoms with Crippen LogP contribution in [0, 0.1) is 5.92 Å². The van der Waals surface area contributed by atoms with E-state index in [0.717, 1.165) is 36.8 Å². The number of hydrogen-bond acceptors (Lipinski definition) is 3. The van der Waals surface area contributed by atoms with E-state index in [1.165, 1.54) is 0 Å². The second kappa shape index (κ2) is 8.24. The van der Waals surface area contributed by atoms with Crippen LogP contribution in [0.15, 0.2) is 35.9 Å². The number of carbonyl (C=O) groups is 1. The van der Waals surface area contributed by atoms with Gasteiger partial charge in [-0.15, -0.1) is 0 Å². The molecule has 0 aliphatic heterocycles. The first-order chi connectivity index (χ1) is 11.8. The van der Waals surface area contributed by atoms with Gasteiger partial charge in [0.1, 0.15) is 11.5 Å². The third kappa shape index (κ3) is 4.44. The van der Waals surface area contributed by atoms with E-state index in [1.54, 1.807) is 18.2 Å². The maximum Gasteiger partial charge on any atom is 0.331 e. The number of aryl methyl sites for hydroxylation is 1. The van der Waals surface area contributed by atoms with Crippen LogP contribution in [0.3, 0.4) is 0 Å². The molecule has 0 bridgehead atoms. The normalized spacial score (nSPS) is 20.2. The monoisotopic (exact) mass is 344 g/mol. The van der Waals surface area contributed by atoms with Crippen LogP contribution in [0.5, 0.6) is 11.5 Å². The summed E-state index contributed by atoms with van der Waals surface area (Å²) in [6, 6.07) is 3.40. The summed E-state index contributed by atoms with van der Waals surface area (Å²) in [6.45, 7) is 8.05. The van der Waals surface area contributed by atoms with Crippen molar-refractivity contribution in [3.8, 4) is 11.5 Å². The molecule has 2 rings (SSSR count). The lowest BCUT2D eigenvalue weighted by Gasteiger charge is -2.31. The Labute approximate surface area is 149 Å². The maximum absolute atomic E-state index is 11.4. The van der Waals surface area contributed by atoms with Crippen molar-refractivity contribution in [2.45, 2.75) is 58.3 Å². The Morgan fingerprint density at radius 2 is 1.88 bits per heavy atom. The molecule has 136 valence electrons. The second-order valence-corrected chi connectivity index (χ2v) is 7.02. The van der Waals surface area contributed by atoms with Gasteiger partial charge in [0, 0.05) is 17.1 Å². The number of carboxylic acid groups (broad SMARTS) is 1. The predicted molar refractivity (Wildman–Crippen MR) is 99.0 cm³/mol. The number of hydrogen-bond donors (Lipinski definition) is 3. The van der Waals surface area contributed by atoms with Gasteiger partial charge >= 0.3 is 5.97 Å². The maximum atomic E-state index is 11.4. The van der Waals surface area contributed by atoms with Gasteiger partial charge in [-0.25, -0.2) is 4.79 Å². The lowest BCUT2D eigenvalue weighted by atomic mass is 9.73. The summed E-state index contributed by atoms with van der Waals surface area (Å²) in [5.41, 5.74) is 2.56. The molecule has 0 radical (unpaired) electrons. The lowest BCUT2D eigenvalue weighted by molar-refractivity contribution is -0.133. The molecule has 0 aromatic heterocycles. The molecule has 0 amide bonds. The molecule has 1 aliphatic carbocycles. The molecule has 1 unspecified atom stereocenters. The van der Waals surface area contributed by atoms with Crippen LogP contribution in [0.1, 0.15) is 63.0 Å². The van der Waals surface area contributed by atoms with Gasteiger partial charge in [0.2, 0.25) is 0 Å². The van der Waals surface area contributed by atoms with Gasteiger partial charge in [0.25, 0.3) is 0 Å². The van der Waals surface area contributed by atoms with Crippen molar-refractivity contribution in [3.63, 3.8) is 0 Å². The summed E-state index contributed by atoms with van der Waals surface area (Å²) < 4.78 is 0. The fourth-order valence-electron chi connectivity index (χ4n) is 3.67. The van der Waals surface area contributed by atoms with E-state index in [-0.39, 0.29) is 23.3 Å². The second-order valence-electron chi connectivity index (χ2n) is 7.02. The largest absolute Gasteiger partial charge is 0.507 e. The third-order valence-corrected chi connectivity index (χ3v) is 5.05.